The molecule has 0 N–H and O–H groups in total. The van der Waals surface area contributed by atoms with Gasteiger partial charge in [0.05, 0.1) is 5.56 Å². The molecule has 1 nitrogen and oxygen atoms in total. The largest absolute Gasteiger partial charge is 0.206 e. The van der Waals surface area contributed by atoms with Crippen molar-refractivity contribution >= 4 is 11.3 Å². The third-order valence-corrected chi connectivity index (χ3v) is 2.82. The van der Waals surface area contributed by atoms with E-state index in [1.54, 1.807) is 12.1 Å². The standard InChI is InChI=1S/C11H6FNS/c12-10-4-1-3-8(9(10)7-13)11-5-2-6-14-11/h1-6H. The topological polar surface area (TPSA) is 23.8 Å². The van der Waals surface area contributed by atoms with E-state index in [-0.39, 0.29) is 5.56 Å². The Kier molecular flexibility index (Phi) is 2.30. The zero-order valence-electron chi connectivity index (χ0n) is 7.20. The van der Waals surface area contributed by atoms with E-state index in [1.807, 2.05) is 23.6 Å². The predicted molar refractivity (Wildman–Crippen MR) is 54.4 cm³/mol. The first kappa shape index (κ1) is 8.92. The Balaban J connectivity index is 2.66. The zero-order valence-corrected chi connectivity index (χ0v) is 8.01. The van der Waals surface area contributed by atoms with Crippen LogP contribution in [0.5, 0.6) is 0 Å². The number of benzene rings is 1. The molecule has 1 aromatic carbocycles. The fourth-order valence-electron chi connectivity index (χ4n) is 1.27. The number of hydrogen-bond donors (Lipinski definition) is 0. The molecule has 68 valence electrons. The van der Waals surface area contributed by atoms with Gasteiger partial charge >= 0.3 is 0 Å². The van der Waals surface area contributed by atoms with Gasteiger partial charge in [0.15, 0.2) is 0 Å². The SMILES string of the molecule is N#Cc1c(F)cccc1-c1cccs1. The highest BCUT2D eigenvalue weighted by atomic mass is 32.1. The predicted octanol–water partition coefficient (Wildman–Crippen LogP) is 3.43. The van der Waals surface area contributed by atoms with Crippen molar-refractivity contribution in [3.63, 3.8) is 0 Å². The van der Waals surface area contributed by atoms with Gasteiger partial charge in [0.1, 0.15) is 11.9 Å². The van der Waals surface area contributed by atoms with Gasteiger partial charge in [0.2, 0.25) is 0 Å². The van der Waals surface area contributed by atoms with Gasteiger partial charge in [-0.3, -0.25) is 0 Å². The van der Waals surface area contributed by atoms with Crippen LogP contribution in [0.15, 0.2) is 35.7 Å². The summed E-state index contributed by atoms with van der Waals surface area (Å²) in [6.07, 6.45) is 0. The van der Waals surface area contributed by atoms with Crippen LogP contribution in [0.1, 0.15) is 5.56 Å². The van der Waals surface area contributed by atoms with Gasteiger partial charge < -0.3 is 0 Å². The summed E-state index contributed by atoms with van der Waals surface area (Å²) in [5.41, 5.74) is 0.789. The summed E-state index contributed by atoms with van der Waals surface area (Å²) >= 11 is 1.50. The Morgan fingerprint density at radius 3 is 2.71 bits per heavy atom. The Bertz CT molecular complexity index is 482. The molecule has 0 unspecified atom stereocenters. The lowest BCUT2D eigenvalue weighted by Crippen LogP contribution is -1.86. The van der Waals surface area contributed by atoms with E-state index in [2.05, 4.69) is 0 Å². The normalized spacial score (nSPS) is 9.71. The van der Waals surface area contributed by atoms with Crippen molar-refractivity contribution in [3.8, 4) is 16.5 Å². The van der Waals surface area contributed by atoms with Gasteiger partial charge in [-0.25, -0.2) is 4.39 Å². The van der Waals surface area contributed by atoms with E-state index in [0.29, 0.717) is 5.56 Å². The summed E-state index contributed by atoms with van der Waals surface area (Å²) in [6.45, 7) is 0. The molecule has 1 aromatic heterocycles. The molecule has 1 heterocycles. The van der Waals surface area contributed by atoms with Crippen LogP contribution >= 0.6 is 11.3 Å². The molecule has 0 aliphatic carbocycles. The quantitative estimate of drug-likeness (QED) is 0.696. The number of nitriles is 1. The lowest BCUT2D eigenvalue weighted by atomic mass is 10.1. The number of hydrogen-bond acceptors (Lipinski definition) is 2. The second-order valence-electron chi connectivity index (χ2n) is 2.75. The molecular weight excluding hydrogens is 197 g/mol. The summed E-state index contributed by atoms with van der Waals surface area (Å²) in [4.78, 5) is 0.918. The molecule has 0 fully saturated rings. The smallest absolute Gasteiger partial charge is 0.141 e. The van der Waals surface area contributed by atoms with Gasteiger partial charge in [-0.1, -0.05) is 18.2 Å². The highest BCUT2D eigenvalue weighted by molar-refractivity contribution is 7.13. The van der Waals surface area contributed by atoms with Crippen LogP contribution in [-0.4, -0.2) is 0 Å². The monoisotopic (exact) mass is 203 g/mol. The summed E-state index contributed by atoms with van der Waals surface area (Å²) in [5, 5.41) is 10.7. The first-order valence-corrected chi connectivity index (χ1v) is 4.93. The molecule has 14 heavy (non-hydrogen) atoms. The molecule has 0 saturated heterocycles. The van der Waals surface area contributed by atoms with Crippen molar-refractivity contribution in [2.24, 2.45) is 0 Å². The Labute approximate surface area is 85.1 Å². The molecule has 0 radical (unpaired) electrons. The van der Waals surface area contributed by atoms with E-state index >= 15 is 0 Å². The van der Waals surface area contributed by atoms with Gasteiger partial charge in [-0.05, 0) is 17.5 Å². The molecule has 3 heteroatoms. The van der Waals surface area contributed by atoms with E-state index in [1.165, 1.54) is 17.4 Å². The lowest BCUT2D eigenvalue weighted by Gasteiger charge is -2.00. The molecule has 0 bridgehead atoms. The molecular formula is C11H6FNS. The van der Waals surface area contributed by atoms with Crippen LogP contribution in [0, 0.1) is 17.1 Å². The van der Waals surface area contributed by atoms with Crippen molar-refractivity contribution in [1.82, 2.24) is 0 Å². The van der Waals surface area contributed by atoms with Crippen LogP contribution in [-0.2, 0) is 0 Å². The van der Waals surface area contributed by atoms with Gasteiger partial charge in [-0.15, -0.1) is 11.3 Å². The van der Waals surface area contributed by atoms with Crippen LogP contribution in [0.2, 0.25) is 0 Å². The first-order chi connectivity index (χ1) is 6.83. The summed E-state index contributed by atoms with van der Waals surface area (Å²) < 4.78 is 13.2. The fourth-order valence-corrected chi connectivity index (χ4v) is 2.03. The molecule has 0 aliphatic heterocycles. The third kappa shape index (κ3) is 1.40. The molecule has 0 saturated carbocycles. The Morgan fingerprint density at radius 1 is 1.21 bits per heavy atom. The van der Waals surface area contributed by atoms with Crippen LogP contribution in [0.4, 0.5) is 4.39 Å². The summed E-state index contributed by atoms with van der Waals surface area (Å²) in [5.74, 6) is -0.460. The van der Waals surface area contributed by atoms with Gasteiger partial charge in [0.25, 0.3) is 0 Å². The minimum atomic E-state index is -0.460. The van der Waals surface area contributed by atoms with E-state index in [4.69, 9.17) is 5.26 Å². The van der Waals surface area contributed by atoms with Crippen LogP contribution in [0.25, 0.3) is 10.4 Å². The summed E-state index contributed by atoms with van der Waals surface area (Å²) in [7, 11) is 0. The number of halogens is 1. The Hall–Kier alpha value is -1.66. The highest BCUT2D eigenvalue weighted by Gasteiger charge is 2.09. The van der Waals surface area contributed by atoms with Crippen LogP contribution in [0.3, 0.4) is 0 Å². The molecule has 0 amide bonds. The van der Waals surface area contributed by atoms with Gasteiger partial charge in [-0.2, -0.15) is 5.26 Å². The van der Waals surface area contributed by atoms with E-state index in [9.17, 15) is 4.39 Å². The maximum absolute atomic E-state index is 13.2. The fraction of sp³-hybridized carbons (Fsp3) is 0. The van der Waals surface area contributed by atoms with E-state index in [0.717, 1.165) is 4.88 Å². The number of rotatable bonds is 1. The summed E-state index contributed by atoms with van der Waals surface area (Å²) in [6, 6.07) is 10.3. The molecule has 2 aromatic rings. The highest BCUT2D eigenvalue weighted by Crippen LogP contribution is 2.28. The lowest BCUT2D eigenvalue weighted by molar-refractivity contribution is 0.624. The maximum Gasteiger partial charge on any atom is 0.141 e. The average molecular weight is 203 g/mol. The van der Waals surface area contributed by atoms with Crippen molar-refractivity contribution < 1.29 is 4.39 Å². The minimum Gasteiger partial charge on any atom is -0.206 e. The van der Waals surface area contributed by atoms with E-state index < -0.39 is 5.82 Å². The first-order valence-electron chi connectivity index (χ1n) is 4.05. The van der Waals surface area contributed by atoms with Crippen molar-refractivity contribution in [2.45, 2.75) is 0 Å². The Morgan fingerprint density at radius 2 is 2.07 bits per heavy atom. The zero-order chi connectivity index (χ0) is 9.97. The third-order valence-electron chi connectivity index (χ3n) is 1.91. The molecule has 0 atom stereocenters. The van der Waals surface area contributed by atoms with Crippen molar-refractivity contribution in [1.29, 1.82) is 5.26 Å². The second kappa shape index (κ2) is 3.60. The average Bonchev–Trinajstić information content (AvgIpc) is 2.70. The molecule has 0 aliphatic rings. The van der Waals surface area contributed by atoms with Crippen LogP contribution < -0.4 is 0 Å². The maximum atomic E-state index is 13.2. The number of thiophene rings is 1. The van der Waals surface area contributed by atoms with Crippen molar-refractivity contribution in [3.05, 3.63) is 47.1 Å². The second-order valence-corrected chi connectivity index (χ2v) is 3.70. The minimum absolute atomic E-state index is 0.120. The molecule has 0 spiro atoms. The molecule has 2 rings (SSSR count). The van der Waals surface area contributed by atoms with Crippen molar-refractivity contribution in [2.75, 3.05) is 0 Å². The van der Waals surface area contributed by atoms with Gasteiger partial charge in [0, 0.05) is 10.4 Å². The number of nitrogens with zero attached hydrogens (tertiary/aromatic N) is 1.